The second kappa shape index (κ2) is 6.79. The van der Waals surface area contributed by atoms with Crippen molar-refractivity contribution in [3.63, 3.8) is 0 Å². The van der Waals surface area contributed by atoms with Gasteiger partial charge in [0.25, 0.3) is 0 Å². The van der Waals surface area contributed by atoms with Crippen LogP contribution in [0.4, 0.5) is 22.7 Å². The lowest BCUT2D eigenvalue weighted by atomic mass is 10.2. The summed E-state index contributed by atoms with van der Waals surface area (Å²) in [4.78, 5) is 4.36. The van der Waals surface area contributed by atoms with Crippen molar-refractivity contribution < 1.29 is 27.0 Å². The Morgan fingerprint density at radius 1 is 0.964 bits per heavy atom. The zero-order valence-electron chi connectivity index (χ0n) is 13.9. The summed E-state index contributed by atoms with van der Waals surface area (Å²) in [5.41, 5.74) is 4.39. The summed E-state index contributed by atoms with van der Waals surface area (Å²) in [7, 11) is 0. The Morgan fingerprint density at radius 3 is 2.50 bits per heavy atom. The maximum Gasteiger partial charge on any atom is 0.507 e. The van der Waals surface area contributed by atoms with E-state index in [0.717, 1.165) is 23.5 Å². The van der Waals surface area contributed by atoms with Crippen molar-refractivity contribution in [2.45, 2.75) is 12.2 Å². The number of nitrogens with one attached hydrogen (secondary N) is 1. The van der Waals surface area contributed by atoms with Gasteiger partial charge in [-0.05, 0) is 12.1 Å². The molecule has 0 bridgehead atoms. The first-order valence-electron chi connectivity index (χ1n) is 7.92. The van der Waals surface area contributed by atoms with Gasteiger partial charge in [-0.3, -0.25) is 5.43 Å². The van der Waals surface area contributed by atoms with Gasteiger partial charge in [-0.2, -0.15) is 22.7 Å². The van der Waals surface area contributed by atoms with Crippen LogP contribution in [0.1, 0.15) is 5.56 Å². The van der Waals surface area contributed by atoms with E-state index < -0.39 is 23.7 Å². The van der Waals surface area contributed by atoms with E-state index in [1.807, 2.05) is 35.7 Å². The Morgan fingerprint density at radius 2 is 1.71 bits per heavy atom. The number of hydrogen-bond acceptors (Lipinski definition) is 6. The fourth-order valence-corrected chi connectivity index (χ4v) is 3.10. The minimum atomic E-state index is -4.79. The average molecular weight is 409 g/mol. The molecule has 0 atom stereocenters. The van der Waals surface area contributed by atoms with Gasteiger partial charge in [0.1, 0.15) is 0 Å². The number of benzene rings is 2. The second-order valence-electron chi connectivity index (χ2n) is 5.69. The monoisotopic (exact) mass is 409 g/mol. The van der Waals surface area contributed by atoms with Crippen LogP contribution in [-0.2, 0) is 0 Å². The molecule has 144 valence electrons. The first-order valence-corrected chi connectivity index (χ1v) is 8.80. The molecule has 0 aliphatic carbocycles. The largest absolute Gasteiger partial charge is 0.507 e. The molecule has 2 aromatic carbocycles. The van der Waals surface area contributed by atoms with E-state index in [-0.39, 0.29) is 5.56 Å². The van der Waals surface area contributed by atoms with Crippen LogP contribution in [0.15, 0.2) is 59.0 Å². The minimum absolute atomic E-state index is 0.0417. The molecule has 0 amide bonds. The summed E-state index contributed by atoms with van der Waals surface area (Å²) >= 11 is 1.30. The van der Waals surface area contributed by atoms with Crippen molar-refractivity contribution in [3.8, 4) is 22.8 Å². The number of halogens is 4. The van der Waals surface area contributed by atoms with Crippen LogP contribution < -0.4 is 14.9 Å². The van der Waals surface area contributed by atoms with Gasteiger partial charge in [-0.15, -0.1) is 11.3 Å². The molecule has 1 N–H and O–H groups in total. The van der Waals surface area contributed by atoms with E-state index in [4.69, 9.17) is 0 Å². The molecule has 0 radical (unpaired) electrons. The van der Waals surface area contributed by atoms with E-state index in [1.54, 1.807) is 0 Å². The van der Waals surface area contributed by atoms with Crippen LogP contribution in [-0.4, -0.2) is 23.4 Å². The van der Waals surface area contributed by atoms with Gasteiger partial charge in [0.2, 0.25) is 5.13 Å². The number of para-hydroxylation sites is 1. The molecule has 1 aliphatic rings. The van der Waals surface area contributed by atoms with Crippen LogP contribution in [0.2, 0.25) is 0 Å². The van der Waals surface area contributed by atoms with Gasteiger partial charge in [0.05, 0.1) is 11.9 Å². The Kier molecular flexibility index (Phi) is 4.42. The van der Waals surface area contributed by atoms with E-state index in [9.17, 15) is 17.6 Å². The number of rotatable bonds is 4. The van der Waals surface area contributed by atoms with Crippen molar-refractivity contribution in [2.24, 2.45) is 5.10 Å². The van der Waals surface area contributed by atoms with Crippen molar-refractivity contribution in [2.75, 3.05) is 5.43 Å². The third kappa shape index (κ3) is 3.38. The van der Waals surface area contributed by atoms with Gasteiger partial charge >= 0.3 is 12.2 Å². The normalized spacial score (nSPS) is 16.9. The van der Waals surface area contributed by atoms with Crippen LogP contribution in [0, 0.1) is 0 Å². The van der Waals surface area contributed by atoms with Crippen LogP contribution >= 0.6 is 11.3 Å². The number of anilines is 1. The van der Waals surface area contributed by atoms with Gasteiger partial charge in [0.15, 0.2) is 11.5 Å². The fourth-order valence-electron chi connectivity index (χ4n) is 2.43. The highest BCUT2D eigenvalue weighted by Gasteiger charge is 2.66. The highest BCUT2D eigenvalue weighted by molar-refractivity contribution is 7.14. The molecule has 0 fully saturated rings. The molecule has 2 heterocycles. The number of hydrogen-bond donors (Lipinski definition) is 1. The summed E-state index contributed by atoms with van der Waals surface area (Å²) in [5, 5.41) is 6.21. The molecular weight excluding hydrogens is 398 g/mol. The maximum absolute atomic E-state index is 13.4. The molecular formula is C18H11F4N3O2S. The molecule has 10 heteroatoms. The average Bonchev–Trinajstić information content (AvgIpc) is 3.12. The molecule has 3 aromatic rings. The lowest BCUT2D eigenvalue weighted by molar-refractivity contribution is -0.391. The van der Waals surface area contributed by atoms with Crippen LogP contribution in [0.5, 0.6) is 11.5 Å². The molecule has 5 nitrogen and oxygen atoms in total. The molecule has 0 saturated carbocycles. The number of thiazole rings is 1. The zero-order chi connectivity index (χ0) is 19.8. The third-order valence-corrected chi connectivity index (χ3v) is 4.50. The number of alkyl halides is 4. The van der Waals surface area contributed by atoms with Crippen molar-refractivity contribution in [3.05, 3.63) is 59.5 Å². The Labute approximate surface area is 160 Å². The molecule has 1 aliphatic heterocycles. The lowest BCUT2D eigenvalue weighted by Gasteiger charge is -2.32. The van der Waals surface area contributed by atoms with Gasteiger partial charge in [-0.25, -0.2) is 4.98 Å². The summed E-state index contributed by atoms with van der Waals surface area (Å²) in [6.45, 7) is 0. The van der Waals surface area contributed by atoms with E-state index >= 15 is 0 Å². The van der Waals surface area contributed by atoms with Crippen LogP contribution in [0.3, 0.4) is 0 Å². The van der Waals surface area contributed by atoms with Crippen LogP contribution in [0.25, 0.3) is 11.3 Å². The highest BCUT2D eigenvalue weighted by atomic mass is 32.1. The van der Waals surface area contributed by atoms with Gasteiger partial charge in [-0.1, -0.05) is 36.4 Å². The SMILES string of the molecule is FC1(F)Oc2cccc(C=NNc3nc(-c4ccccc4)cs3)c2OC1(F)F. The van der Waals surface area contributed by atoms with Crippen molar-refractivity contribution >= 4 is 22.7 Å². The first kappa shape index (κ1) is 18.2. The molecule has 0 spiro atoms. The predicted molar refractivity (Wildman–Crippen MR) is 96.4 cm³/mol. The van der Waals surface area contributed by atoms with E-state index in [0.29, 0.717) is 5.13 Å². The summed E-state index contributed by atoms with van der Waals surface area (Å²) in [5.74, 6) is -1.02. The smallest absolute Gasteiger partial charge is 0.421 e. The molecule has 4 rings (SSSR count). The molecule has 1 aromatic heterocycles. The minimum Gasteiger partial charge on any atom is -0.421 e. The first-order chi connectivity index (χ1) is 13.4. The predicted octanol–water partition coefficient (Wildman–Crippen LogP) is 5.21. The maximum atomic E-state index is 13.4. The molecule has 0 unspecified atom stereocenters. The van der Waals surface area contributed by atoms with Gasteiger partial charge in [0, 0.05) is 16.5 Å². The zero-order valence-corrected chi connectivity index (χ0v) is 14.7. The Balaban J connectivity index is 1.52. The quantitative estimate of drug-likeness (QED) is 0.365. The Hall–Kier alpha value is -3.14. The van der Waals surface area contributed by atoms with Crippen molar-refractivity contribution in [1.29, 1.82) is 0 Å². The standard InChI is InChI=1S/C18H11F4N3O2S/c19-17(20)18(21,22)27-15-12(7-4-8-14(15)26-17)9-23-25-16-24-13(10-28-16)11-5-2-1-3-6-11/h1-10H,(H,24,25). The number of fused-ring (bicyclic) bond motifs is 1. The third-order valence-electron chi connectivity index (χ3n) is 3.75. The molecule has 0 saturated heterocycles. The van der Waals surface area contributed by atoms with Crippen molar-refractivity contribution in [1.82, 2.24) is 4.98 Å². The highest BCUT2D eigenvalue weighted by Crippen LogP contribution is 2.47. The number of hydrazone groups is 1. The number of aromatic nitrogens is 1. The summed E-state index contributed by atoms with van der Waals surface area (Å²) < 4.78 is 61.7. The fraction of sp³-hybridized carbons (Fsp3) is 0.111. The van der Waals surface area contributed by atoms with Gasteiger partial charge < -0.3 is 9.47 Å². The van der Waals surface area contributed by atoms with E-state index in [1.165, 1.54) is 23.5 Å². The second-order valence-corrected chi connectivity index (χ2v) is 6.54. The summed E-state index contributed by atoms with van der Waals surface area (Å²) in [6, 6.07) is 13.3. The number of nitrogens with zero attached hydrogens (tertiary/aromatic N) is 2. The molecule has 28 heavy (non-hydrogen) atoms. The van der Waals surface area contributed by atoms with E-state index in [2.05, 4.69) is 25.0 Å². The Bertz CT molecular complexity index is 1020. The topological polar surface area (TPSA) is 55.7 Å². The lowest BCUT2D eigenvalue weighted by Crippen LogP contribution is -2.52. The summed E-state index contributed by atoms with van der Waals surface area (Å²) in [6.07, 6.45) is -8.40. The number of ether oxygens (including phenoxy) is 2.